The van der Waals surface area contributed by atoms with Crippen molar-refractivity contribution in [3.8, 4) is 0 Å². The van der Waals surface area contributed by atoms with Gasteiger partial charge in [-0.3, -0.25) is 4.79 Å². The highest BCUT2D eigenvalue weighted by Gasteiger charge is 2.30. The van der Waals surface area contributed by atoms with Gasteiger partial charge >= 0.3 is 0 Å². The minimum absolute atomic E-state index is 0.0189. The van der Waals surface area contributed by atoms with E-state index in [1.807, 2.05) is 6.92 Å². The molecule has 1 N–H and O–H groups in total. The number of benzene rings is 1. The molecule has 0 aliphatic heterocycles. The highest BCUT2D eigenvalue weighted by atomic mass is 35.5. The average molecular weight is 359 g/mol. The zero-order valence-corrected chi connectivity index (χ0v) is 15.2. The largest absolute Gasteiger partial charge is 0.349 e. The van der Waals surface area contributed by atoms with Crippen LogP contribution in [-0.2, 0) is 10.0 Å². The molecule has 1 fully saturated rings. The lowest BCUT2D eigenvalue weighted by Crippen LogP contribution is -2.34. The van der Waals surface area contributed by atoms with Crippen LogP contribution in [0.2, 0.25) is 5.02 Å². The molecule has 1 aliphatic rings. The standard InChI is InChI=1S/C16H23ClN2O3S/c1-4-19(5-2)23(21,22)15-10-13(8-9-14(15)17)16(20)18-11(3)12-6-7-12/h8-12H,4-7H2,1-3H3,(H,18,20)/t11-/m0/s1. The Morgan fingerprint density at radius 2 is 1.96 bits per heavy atom. The molecule has 2 rings (SSSR count). The van der Waals surface area contributed by atoms with E-state index in [9.17, 15) is 13.2 Å². The van der Waals surface area contributed by atoms with E-state index in [-0.39, 0.29) is 21.9 Å². The van der Waals surface area contributed by atoms with Crippen LogP contribution in [0.15, 0.2) is 23.1 Å². The molecule has 1 aliphatic carbocycles. The third kappa shape index (κ3) is 4.05. The van der Waals surface area contributed by atoms with Crippen LogP contribution in [0.4, 0.5) is 0 Å². The van der Waals surface area contributed by atoms with E-state index in [0.29, 0.717) is 24.6 Å². The van der Waals surface area contributed by atoms with Crippen molar-refractivity contribution in [1.82, 2.24) is 9.62 Å². The van der Waals surface area contributed by atoms with Gasteiger partial charge in [0.25, 0.3) is 5.91 Å². The van der Waals surface area contributed by atoms with Gasteiger partial charge in [-0.05, 0) is 43.9 Å². The monoisotopic (exact) mass is 358 g/mol. The fraction of sp³-hybridized carbons (Fsp3) is 0.562. The third-order valence-corrected chi connectivity index (χ3v) is 6.74. The number of hydrogen-bond acceptors (Lipinski definition) is 3. The van der Waals surface area contributed by atoms with Gasteiger partial charge in [0.05, 0.1) is 5.02 Å². The van der Waals surface area contributed by atoms with E-state index in [0.717, 1.165) is 12.8 Å². The molecule has 0 saturated heterocycles. The molecule has 0 spiro atoms. The predicted molar refractivity (Wildman–Crippen MR) is 91.2 cm³/mol. The summed E-state index contributed by atoms with van der Waals surface area (Å²) in [6, 6.07) is 4.49. The van der Waals surface area contributed by atoms with Crippen LogP contribution < -0.4 is 5.32 Å². The Morgan fingerprint density at radius 1 is 1.35 bits per heavy atom. The van der Waals surface area contributed by atoms with Gasteiger partial charge in [-0.15, -0.1) is 0 Å². The van der Waals surface area contributed by atoms with Gasteiger partial charge in [-0.1, -0.05) is 25.4 Å². The molecule has 1 amide bonds. The molecule has 5 nitrogen and oxygen atoms in total. The second-order valence-electron chi connectivity index (χ2n) is 5.83. The van der Waals surface area contributed by atoms with E-state index >= 15 is 0 Å². The minimum Gasteiger partial charge on any atom is -0.349 e. The maximum atomic E-state index is 12.6. The zero-order chi connectivity index (χ0) is 17.2. The lowest BCUT2D eigenvalue weighted by atomic mass is 10.1. The first-order chi connectivity index (χ1) is 10.8. The number of carbonyl (C=O) groups excluding carboxylic acids is 1. The Bertz CT molecular complexity index is 683. The topological polar surface area (TPSA) is 66.5 Å². The maximum absolute atomic E-state index is 12.6. The SMILES string of the molecule is CCN(CC)S(=O)(=O)c1cc(C(=O)N[C@@H](C)C2CC2)ccc1Cl. The van der Waals surface area contributed by atoms with Crippen LogP contribution in [0.25, 0.3) is 0 Å². The Kier molecular flexibility index (Phi) is 5.70. The molecule has 1 aromatic carbocycles. The molecule has 0 bridgehead atoms. The summed E-state index contributed by atoms with van der Waals surface area (Å²) in [7, 11) is -3.70. The van der Waals surface area contributed by atoms with Crippen molar-refractivity contribution in [2.75, 3.05) is 13.1 Å². The number of nitrogens with one attached hydrogen (secondary N) is 1. The lowest BCUT2D eigenvalue weighted by molar-refractivity contribution is 0.0935. The second-order valence-corrected chi connectivity index (χ2v) is 8.15. The molecule has 0 radical (unpaired) electrons. The number of rotatable bonds is 7. The molecule has 1 atom stereocenters. The first-order valence-electron chi connectivity index (χ1n) is 7.91. The van der Waals surface area contributed by atoms with Gasteiger partial charge in [0.15, 0.2) is 0 Å². The summed E-state index contributed by atoms with van der Waals surface area (Å²) in [6.07, 6.45) is 2.26. The number of amides is 1. The number of sulfonamides is 1. The molecular formula is C16H23ClN2O3S. The van der Waals surface area contributed by atoms with Crippen LogP contribution in [0.1, 0.15) is 44.0 Å². The Balaban J connectivity index is 2.29. The van der Waals surface area contributed by atoms with Crippen molar-refractivity contribution >= 4 is 27.5 Å². The van der Waals surface area contributed by atoms with Crippen molar-refractivity contribution in [3.63, 3.8) is 0 Å². The molecule has 0 unspecified atom stereocenters. The van der Waals surface area contributed by atoms with Crippen LogP contribution >= 0.6 is 11.6 Å². The van der Waals surface area contributed by atoms with Crippen molar-refractivity contribution in [3.05, 3.63) is 28.8 Å². The first-order valence-corrected chi connectivity index (χ1v) is 9.73. The summed E-state index contributed by atoms with van der Waals surface area (Å²) in [4.78, 5) is 12.3. The van der Waals surface area contributed by atoms with Gasteiger partial charge in [-0.25, -0.2) is 8.42 Å². The Labute approximate surface area is 143 Å². The smallest absolute Gasteiger partial charge is 0.251 e. The van der Waals surface area contributed by atoms with Crippen molar-refractivity contribution < 1.29 is 13.2 Å². The van der Waals surface area contributed by atoms with Crippen molar-refractivity contribution in [1.29, 1.82) is 0 Å². The summed E-state index contributed by atoms with van der Waals surface area (Å²) in [5, 5.41) is 3.05. The van der Waals surface area contributed by atoms with Crippen LogP contribution in [0.3, 0.4) is 0 Å². The van der Waals surface area contributed by atoms with E-state index in [1.165, 1.54) is 16.4 Å². The quantitative estimate of drug-likeness (QED) is 0.814. The fourth-order valence-corrected chi connectivity index (χ4v) is 4.51. The van der Waals surface area contributed by atoms with E-state index < -0.39 is 10.0 Å². The minimum atomic E-state index is -3.70. The number of carbonyl (C=O) groups is 1. The number of halogens is 1. The molecule has 1 aromatic rings. The summed E-state index contributed by atoms with van der Waals surface area (Å²) >= 11 is 6.07. The summed E-state index contributed by atoms with van der Waals surface area (Å²) in [5.41, 5.74) is 0.313. The molecule has 0 heterocycles. The van der Waals surface area contributed by atoms with Gasteiger partial charge in [0.1, 0.15) is 4.90 Å². The maximum Gasteiger partial charge on any atom is 0.251 e. The fourth-order valence-electron chi connectivity index (χ4n) is 2.55. The normalized spacial score (nSPS) is 16.4. The molecular weight excluding hydrogens is 336 g/mol. The third-order valence-electron chi connectivity index (χ3n) is 4.20. The van der Waals surface area contributed by atoms with Crippen LogP contribution in [0.5, 0.6) is 0 Å². The van der Waals surface area contributed by atoms with E-state index in [4.69, 9.17) is 11.6 Å². The second kappa shape index (κ2) is 7.20. The van der Waals surface area contributed by atoms with Gasteiger partial charge in [0.2, 0.25) is 10.0 Å². The van der Waals surface area contributed by atoms with Crippen molar-refractivity contribution in [2.45, 2.75) is 44.6 Å². The summed E-state index contributed by atoms with van der Waals surface area (Å²) in [5.74, 6) is 0.266. The van der Waals surface area contributed by atoms with Gasteiger partial charge in [0, 0.05) is 24.7 Å². The highest BCUT2D eigenvalue weighted by molar-refractivity contribution is 7.89. The van der Waals surface area contributed by atoms with Gasteiger partial charge in [-0.2, -0.15) is 4.31 Å². The first kappa shape index (κ1) is 18.2. The summed E-state index contributed by atoms with van der Waals surface area (Å²) < 4.78 is 26.6. The molecule has 23 heavy (non-hydrogen) atoms. The van der Waals surface area contributed by atoms with E-state index in [2.05, 4.69) is 5.32 Å². The summed E-state index contributed by atoms with van der Waals surface area (Å²) in [6.45, 7) is 6.21. The predicted octanol–water partition coefficient (Wildman–Crippen LogP) is 2.90. The van der Waals surface area contributed by atoms with Gasteiger partial charge < -0.3 is 5.32 Å². The molecule has 1 saturated carbocycles. The number of hydrogen-bond donors (Lipinski definition) is 1. The highest BCUT2D eigenvalue weighted by Crippen LogP contribution is 2.32. The Morgan fingerprint density at radius 3 is 2.48 bits per heavy atom. The molecule has 0 aromatic heterocycles. The van der Waals surface area contributed by atoms with Crippen LogP contribution in [-0.4, -0.2) is 37.8 Å². The molecule has 7 heteroatoms. The van der Waals surface area contributed by atoms with Crippen molar-refractivity contribution in [2.24, 2.45) is 5.92 Å². The zero-order valence-electron chi connectivity index (χ0n) is 13.7. The Hall–Kier alpha value is -1.11. The molecule has 128 valence electrons. The van der Waals surface area contributed by atoms with E-state index in [1.54, 1.807) is 19.9 Å². The number of nitrogens with zero attached hydrogens (tertiary/aromatic N) is 1. The average Bonchev–Trinajstić information content (AvgIpc) is 3.32. The van der Waals surface area contributed by atoms with Crippen LogP contribution in [0, 0.1) is 5.92 Å². The lowest BCUT2D eigenvalue weighted by Gasteiger charge is -2.20.